The van der Waals surface area contributed by atoms with Gasteiger partial charge in [0.2, 0.25) is 5.91 Å². The fourth-order valence-corrected chi connectivity index (χ4v) is 3.03. The molecule has 5 heteroatoms. The van der Waals surface area contributed by atoms with Gasteiger partial charge in [-0.15, -0.1) is 0 Å². The third-order valence-corrected chi connectivity index (χ3v) is 4.49. The minimum atomic E-state index is 0.128. The Bertz CT molecular complexity index is 715. The number of amides is 1. The number of hydrogen-bond donors (Lipinski definition) is 0. The summed E-state index contributed by atoms with van der Waals surface area (Å²) in [5.41, 5.74) is 3.44. The molecule has 0 atom stereocenters. The maximum Gasteiger partial charge on any atom is 0.244 e. The van der Waals surface area contributed by atoms with Gasteiger partial charge in [-0.2, -0.15) is 5.10 Å². The summed E-state index contributed by atoms with van der Waals surface area (Å²) in [6.07, 6.45) is 5.60. The monoisotopic (exact) mass is 327 g/mol. The van der Waals surface area contributed by atoms with Crippen molar-refractivity contribution < 1.29 is 9.53 Å². The number of nitrogens with zero attached hydrogens (tertiary/aromatic N) is 3. The van der Waals surface area contributed by atoms with Gasteiger partial charge in [-0.25, -0.2) is 0 Å². The third kappa shape index (κ3) is 3.96. The van der Waals surface area contributed by atoms with E-state index >= 15 is 0 Å². The van der Waals surface area contributed by atoms with Crippen LogP contribution >= 0.6 is 0 Å². The SMILES string of the molecule is Cc1ccc(C)c(OC2CCN(C(=O)Cn3cc(C)cn3)CC2)c1. The molecule has 0 aliphatic carbocycles. The Morgan fingerprint density at radius 2 is 1.96 bits per heavy atom. The maximum absolute atomic E-state index is 12.4. The fourth-order valence-electron chi connectivity index (χ4n) is 3.03. The van der Waals surface area contributed by atoms with E-state index in [0.29, 0.717) is 6.54 Å². The van der Waals surface area contributed by atoms with E-state index in [4.69, 9.17) is 4.74 Å². The second-order valence-electron chi connectivity index (χ2n) is 6.68. The molecule has 0 N–H and O–H groups in total. The average molecular weight is 327 g/mol. The first-order valence-electron chi connectivity index (χ1n) is 8.52. The number of carbonyl (C=O) groups excluding carboxylic acids is 1. The minimum Gasteiger partial charge on any atom is -0.490 e. The van der Waals surface area contributed by atoms with Crippen LogP contribution in [0.1, 0.15) is 29.5 Å². The highest BCUT2D eigenvalue weighted by Gasteiger charge is 2.24. The molecule has 1 aliphatic rings. The summed E-state index contributed by atoms with van der Waals surface area (Å²) >= 11 is 0. The Hall–Kier alpha value is -2.30. The summed E-state index contributed by atoms with van der Waals surface area (Å²) in [7, 11) is 0. The molecule has 128 valence electrons. The van der Waals surface area contributed by atoms with E-state index in [2.05, 4.69) is 37.1 Å². The van der Waals surface area contributed by atoms with E-state index in [1.165, 1.54) is 5.56 Å². The molecule has 2 heterocycles. The van der Waals surface area contributed by atoms with E-state index in [-0.39, 0.29) is 12.0 Å². The number of hydrogen-bond acceptors (Lipinski definition) is 3. The summed E-state index contributed by atoms with van der Waals surface area (Å²) < 4.78 is 7.87. The molecule has 0 saturated carbocycles. The summed E-state index contributed by atoms with van der Waals surface area (Å²) in [5, 5.41) is 4.18. The number of rotatable bonds is 4. The molecule has 24 heavy (non-hydrogen) atoms. The lowest BCUT2D eigenvalue weighted by Crippen LogP contribution is -2.43. The van der Waals surface area contributed by atoms with Crippen LogP contribution in [0.3, 0.4) is 0 Å². The van der Waals surface area contributed by atoms with E-state index in [9.17, 15) is 4.79 Å². The highest BCUT2D eigenvalue weighted by molar-refractivity contribution is 5.76. The predicted octanol–water partition coefficient (Wildman–Crippen LogP) is 2.88. The normalized spacial score (nSPS) is 15.5. The van der Waals surface area contributed by atoms with Crippen molar-refractivity contribution in [3.63, 3.8) is 0 Å². The van der Waals surface area contributed by atoms with Crippen molar-refractivity contribution in [2.24, 2.45) is 0 Å². The first-order valence-corrected chi connectivity index (χ1v) is 8.52. The maximum atomic E-state index is 12.4. The van der Waals surface area contributed by atoms with Crippen LogP contribution in [0, 0.1) is 20.8 Å². The van der Waals surface area contributed by atoms with Crippen molar-refractivity contribution in [1.82, 2.24) is 14.7 Å². The van der Waals surface area contributed by atoms with Gasteiger partial charge in [-0.3, -0.25) is 9.48 Å². The number of likely N-dealkylation sites (tertiary alicyclic amines) is 1. The Morgan fingerprint density at radius 3 is 2.62 bits per heavy atom. The molecule has 1 amide bonds. The fraction of sp³-hybridized carbons (Fsp3) is 0.474. The first-order chi connectivity index (χ1) is 11.5. The van der Waals surface area contributed by atoms with Gasteiger partial charge in [0, 0.05) is 32.1 Å². The van der Waals surface area contributed by atoms with E-state index in [0.717, 1.165) is 42.8 Å². The zero-order chi connectivity index (χ0) is 17.1. The Labute approximate surface area is 143 Å². The second-order valence-corrected chi connectivity index (χ2v) is 6.68. The van der Waals surface area contributed by atoms with Crippen LogP contribution in [-0.2, 0) is 11.3 Å². The molecule has 1 aromatic heterocycles. The van der Waals surface area contributed by atoms with Gasteiger partial charge in [0.05, 0.1) is 6.20 Å². The van der Waals surface area contributed by atoms with E-state index in [1.54, 1.807) is 10.9 Å². The number of aromatic nitrogens is 2. The topological polar surface area (TPSA) is 47.4 Å². The van der Waals surface area contributed by atoms with Gasteiger partial charge in [-0.05, 0) is 43.5 Å². The van der Waals surface area contributed by atoms with Gasteiger partial charge in [0.15, 0.2) is 0 Å². The molecule has 1 aliphatic heterocycles. The largest absolute Gasteiger partial charge is 0.490 e. The molecule has 1 fully saturated rings. The van der Waals surface area contributed by atoms with Crippen LogP contribution in [-0.4, -0.2) is 39.8 Å². The molecule has 5 nitrogen and oxygen atoms in total. The van der Waals surface area contributed by atoms with Crippen LogP contribution in [0.2, 0.25) is 0 Å². The quantitative estimate of drug-likeness (QED) is 0.867. The Morgan fingerprint density at radius 1 is 1.21 bits per heavy atom. The van der Waals surface area contributed by atoms with Crippen molar-refractivity contribution in [3.05, 3.63) is 47.3 Å². The highest BCUT2D eigenvalue weighted by atomic mass is 16.5. The van der Waals surface area contributed by atoms with E-state index in [1.807, 2.05) is 18.0 Å². The molecule has 1 saturated heterocycles. The van der Waals surface area contributed by atoms with E-state index < -0.39 is 0 Å². The summed E-state index contributed by atoms with van der Waals surface area (Å²) in [5.74, 6) is 1.09. The molecule has 1 aromatic carbocycles. The predicted molar refractivity (Wildman–Crippen MR) is 93.1 cm³/mol. The zero-order valence-electron chi connectivity index (χ0n) is 14.7. The second kappa shape index (κ2) is 7.07. The number of ether oxygens (including phenoxy) is 1. The Balaban J connectivity index is 1.52. The van der Waals surface area contributed by atoms with Crippen molar-refractivity contribution >= 4 is 5.91 Å². The summed E-state index contributed by atoms with van der Waals surface area (Å²) in [6, 6.07) is 6.28. The number of benzene rings is 1. The number of aryl methyl sites for hydroxylation is 3. The lowest BCUT2D eigenvalue weighted by molar-refractivity contribution is -0.133. The zero-order valence-corrected chi connectivity index (χ0v) is 14.7. The molecule has 2 aromatic rings. The number of carbonyl (C=O) groups is 1. The summed E-state index contributed by atoms with van der Waals surface area (Å²) in [4.78, 5) is 14.3. The first kappa shape index (κ1) is 16.6. The van der Waals surface area contributed by atoms with Gasteiger partial charge >= 0.3 is 0 Å². The van der Waals surface area contributed by atoms with Crippen LogP contribution in [0.25, 0.3) is 0 Å². The van der Waals surface area contributed by atoms with Crippen molar-refractivity contribution in [2.45, 2.75) is 46.3 Å². The molecule has 0 spiro atoms. The molecular weight excluding hydrogens is 302 g/mol. The van der Waals surface area contributed by atoms with Crippen LogP contribution in [0.5, 0.6) is 5.75 Å². The number of piperidine rings is 1. The van der Waals surface area contributed by atoms with Crippen LogP contribution in [0.15, 0.2) is 30.6 Å². The molecule has 0 bridgehead atoms. The van der Waals surface area contributed by atoms with Gasteiger partial charge in [-0.1, -0.05) is 12.1 Å². The highest BCUT2D eigenvalue weighted by Crippen LogP contribution is 2.24. The van der Waals surface area contributed by atoms with Crippen LogP contribution < -0.4 is 4.74 Å². The van der Waals surface area contributed by atoms with Crippen LogP contribution in [0.4, 0.5) is 0 Å². The molecule has 3 rings (SSSR count). The standard InChI is InChI=1S/C19H25N3O2/c1-14-4-5-16(3)18(10-14)24-17-6-8-21(9-7-17)19(23)13-22-12-15(2)11-20-22/h4-5,10-12,17H,6-9,13H2,1-3H3. The minimum absolute atomic E-state index is 0.128. The lowest BCUT2D eigenvalue weighted by atomic mass is 10.1. The molecular formula is C19H25N3O2. The average Bonchev–Trinajstić information content (AvgIpc) is 2.96. The lowest BCUT2D eigenvalue weighted by Gasteiger charge is -2.32. The van der Waals surface area contributed by atoms with Gasteiger partial charge < -0.3 is 9.64 Å². The molecule has 0 unspecified atom stereocenters. The van der Waals surface area contributed by atoms with Crippen molar-refractivity contribution in [1.29, 1.82) is 0 Å². The van der Waals surface area contributed by atoms with Gasteiger partial charge in [0.25, 0.3) is 0 Å². The molecule has 0 radical (unpaired) electrons. The van der Waals surface area contributed by atoms with Gasteiger partial charge in [0.1, 0.15) is 18.4 Å². The third-order valence-electron chi connectivity index (χ3n) is 4.49. The van der Waals surface area contributed by atoms with Crippen molar-refractivity contribution in [3.8, 4) is 5.75 Å². The summed E-state index contributed by atoms with van der Waals surface area (Å²) in [6.45, 7) is 7.92. The Kier molecular flexibility index (Phi) is 4.88. The van der Waals surface area contributed by atoms with Crippen molar-refractivity contribution in [2.75, 3.05) is 13.1 Å². The smallest absolute Gasteiger partial charge is 0.244 e.